The Morgan fingerprint density at radius 1 is 1.62 bits per heavy atom. The molecular weight excluding hydrogens is 296 g/mol. The molecule has 0 aromatic carbocycles. The molecule has 2 aromatic heterocycles. The minimum absolute atomic E-state index is 0.226. The van der Waals surface area contributed by atoms with Crippen LogP contribution in [-0.2, 0) is 18.3 Å². The molecule has 3 rings (SSSR count). The maximum atomic E-state index is 11.7. The zero-order valence-electron chi connectivity index (χ0n) is 11.1. The molecule has 2 aromatic rings. The van der Waals surface area contributed by atoms with E-state index >= 15 is 0 Å². The number of hydrogen-bond acceptors (Lipinski definition) is 6. The third kappa shape index (κ3) is 2.05. The maximum Gasteiger partial charge on any atom is 0.406 e. The van der Waals surface area contributed by atoms with Crippen molar-refractivity contribution < 1.29 is 14.8 Å². The molecule has 0 saturated heterocycles. The molecule has 1 unspecified atom stereocenters. The molecule has 0 aliphatic carbocycles. The van der Waals surface area contributed by atoms with Crippen molar-refractivity contribution in [1.29, 1.82) is 0 Å². The van der Waals surface area contributed by atoms with Crippen LogP contribution < -0.4 is 4.90 Å². The van der Waals surface area contributed by atoms with Gasteiger partial charge in [0.05, 0.1) is 0 Å². The predicted molar refractivity (Wildman–Crippen MR) is 75.6 cm³/mol. The number of imidazole rings is 1. The molecule has 21 heavy (non-hydrogen) atoms. The molecule has 1 aliphatic rings. The molecule has 0 saturated carbocycles. The molecule has 110 valence electrons. The van der Waals surface area contributed by atoms with E-state index in [1.54, 1.807) is 18.0 Å². The molecular formula is C12H12N4O4S. The Morgan fingerprint density at radius 2 is 2.38 bits per heavy atom. The third-order valence-electron chi connectivity index (χ3n) is 3.53. The van der Waals surface area contributed by atoms with Gasteiger partial charge in [-0.15, -0.1) is 11.3 Å². The zero-order chi connectivity index (χ0) is 15.1. The molecule has 0 amide bonds. The van der Waals surface area contributed by atoms with E-state index in [-0.39, 0.29) is 11.6 Å². The smallest absolute Gasteiger partial charge is 0.406 e. The molecule has 0 bridgehead atoms. The lowest BCUT2D eigenvalue weighted by Crippen LogP contribution is -2.40. The van der Waals surface area contributed by atoms with Gasteiger partial charge in [-0.1, -0.05) is 0 Å². The Labute approximate surface area is 123 Å². The van der Waals surface area contributed by atoms with Crippen LogP contribution in [0.1, 0.15) is 16.5 Å². The van der Waals surface area contributed by atoms with Crippen molar-refractivity contribution in [3.8, 4) is 0 Å². The maximum absolute atomic E-state index is 11.7. The molecule has 1 atom stereocenters. The highest BCUT2D eigenvalue weighted by Gasteiger charge is 2.39. The van der Waals surface area contributed by atoms with Gasteiger partial charge in [-0.05, 0) is 33.3 Å². The lowest BCUT2D eigenvalue weighted by atomic mass is 10.00. The fraction of sp³-hybridized carbons (Fsp3) is 0.333. The summed E-state index contributed by atoms with van der Waals surface area (Å²) in [6, 6.07) is 0.849. The van der Waals surface area contributed by atoms with Gasteiger partial charge in [-0.25, -0.2) is 4.79 Å². The summed E-state index contributed by atoms with van der Waals surface area (Å²) in [5.41, 5.74) is 0.703. The average molecular weight is 308 g/mol. The number of hydrogen-bond donors (Lipinski definition) is 1. The van der Waals surface area contributed by atoms with Crippen LogP contribution in [0.5, 0.6) is 0 Å². The first-order valence-corrected chi connectivity index (χ1v) is 7.10. The standard InChI is InChI=1S/C12H12N4O4S/c1-14-6-13-10(16(19)20)11(14)15-4-2-8-7(3-5-21-8)9(15)12(17)18/h3,5-6,9H,2,4H2,1H3,(H,17,18). The average Bonchev–Trinajstić information content (AvgIpc) is 3.02. The summed E-state index contributed by atoms with van der Waals surface area (Å²) in [6.07, 6.45) is 1.99. The number of fused-ring (bicyclic) bond motifs is 1. The summed E-state index contributed by atoms with van der Waals surface area (Å²) in [7, 11) is 1.62. The van der Waals surface area contributed by atoms with Crippen molar-refractivity contribution in [1.82, 2.24) is 9.55 Å². The van der Waals surface area contributed by atoms with Gasteiger partial charge in [0.2, 0.25) is 12.1 Å². The van der Waals surface area contributed by atoms with Crippen molar-refractivity contribution in [3.05, 3.63) is 38.3 Å². The van der Waals surface area contributed by atoms with Crippen LogP contribution in [0.15, 0.2) is 17.8 Å². The molecule has 1 N–H and O–H groups in total. The quantitative estimate of drug-likeness (QED) is 0.682. The van der Waals surface area contributed by atoms with Crippen LogP contribution in [0.25, 0.3) is 0 Å². The second-order valence-electron chi connectivity index (χ2n) is 4.74. The van der Waals surface area contributed by atoms with Crippen molar-refractivity contribution in [2.75, 3.05) is 11.4 Å². The Hall–Kier alpha value is -2.42. The third-order valence-corrected chi connectivity index (χ3v) is 4.53. The number of carboxylic acids is 1. The van der Waals surface area contributed by atoms with E-state index in [0.29, 0.717) is 18.5 Å². The molecule has 8 nitrogen and oxygen atoms in total. The number of thiophene rings is 1. The molecule has 3 heterocycles. The van der Waals surface area contributed by atoms with Gasteiger partial charge in [0.15, 0.2) is 6.04 Å². The number of carboxylic acid groups (broad SMARTS) is 1. The SMILES string of the molecule is Cn1cnc([N+](=O)[O-])c1N1CCc2sccc2C1C(=O)O. The Bertz CT molecular complexity index is 723. The second kappa shape index (κ2) is 4.85. The van der Waals surface area contributed by atoms with Crippen molar-refractivity contribution in [2.24, 2.45) is 7.05 Å². The van der Waals surface area contributed by atoms with E-state index in [0.717, 1.165) is 4.88 Å². The summed E-state index contributed by atoms with van der Waals surface area (Å²) < 4.78 is 1.49. The van der Waals surface area contributed by atoms with Crippen LogP contribution in [0.4, 0.5) is 11.6 Å². The van der Waals surface area contributed by atoms with Gasteiger partial charge in [0.1, 0.15) is 0 Å². The lowest BCUT2D eigenvalue weighted by molar-refractivity contribution is -0.388. The van der Waals surface area contributed by atoms with Gasteiger partial charge >= 0.3 is 11.8 Å². The lowest BCUT2D eigenvalue weighted by Gasteiger charge is -2.33. The number of nitrogens with zero attached hydrogens (tertiary/aromatic N) is 4. The highest BCUT2D eigenvalue weighted by Crippen LogP contribution is 2.39. The van der Waals surface area contributed by atoms with E-state index in [2.05, 4.69) is 4.98 Å². The minimum atomic E-state index is -1.02. The van der Waals surface area contributed by atoms with Gasteiger partial charge < -0.3 is 20.1 Å². The van der Waals surface area contributed by atoms with E-state index < -0.39 is 16.9 Å². The topological polar surface area (TPSA) is 101 Å². The number of carbonyl (C=O) groups is 1. The number of aryl methyl sites for hydroxylation is 1. The first-order chi connectivity index (χ1) is 10.0. The fourth-order valence-corrected chi connectivity index (χ4v) is 3.59. The number of rotatable bonds is 3. The summed E-state index contributed by atoms with van der Waals surface area (Å²) >= 11 is 1.51. The summed E-state index contributed by atoms with van der Waals surface area (Å²) in [5, 5.41) is 22.5. The van der Waals surface area contributed by atoms with Crippen molar-refractivity contribution in [3.63, 3.8) is 0 Å². The molecule has 0 radical (unpaired) electrons. The number of nitro groups is 1. The van der Waals surface area contributed by atoms with E-state index in [1.165, 1.54) is 22.2 Å². The monoisotopic (exact) mass is 308 g/mol. The Morgan fingerprint density at radius 3 is 3.05 bits per heavy atom. The fourth-order valence-electron chi connectivity index (χ4n) is 2.68. The first kappa shape index (κ1) is 13.6. The van der Waals surface area contributed by atoms with Gasteiger partial charge in [0, 0.05) is 18.5 Å². The van der Waals surface area contributed by atoms with E-state index in [4.69, 9.17) is 0 Å². The summed E-state index contributed by atoms with van der Waals surface area (Å²) in [4.78, 5) is 28.5. The van der Waals surface area contributed by atoms with Gasteiger partial charge in [-0.2, -0.15) is 0 Å². The van der Waals surface area contributed by atoms with E-state index in [1.807, 2.05) is 5.38 Å². The van der Waals surface area contributed by atoms with Crippen molar-refractivity contribution in [2.45, 2.75) is 12.5 Å². The number of aromatic nitrogens is 2. The van der Waals surface area contributed by atoms with E-state index in [9.17, 15) is 20.0 Å². The summed E-state index contributed by atoms with van der Waals surface area (Å²) in [5.74, 6) is -1.11. The second-order valence-corrected chi connectivity index (χ2v) is 5.74. The Balaban J connectivity index is 2.13. The largest absolute Gasteiger partial charge is 0.479 e. The number of anilines is 1. The molecule has 1 aliphatic heterocycles. The van der Waals surface area contributed by atoms with Crippen molar-refractivity contribution >= 4 is 28.9 Å². The molecule has 0 fully saturated rings. The van der Waals surface area contributed by atoms with Crippen LogP contribution in [0, 0.1) is 10.1 Å². The van der Waals surface area contributed by atoms with Crippen LogP contribution >= 0.6 is 11.3 Å². The normalized spacial score (nSPS) is 17.6. The Kier molecular flexibility index (Phi) is 3.13. The van der Waals surface area contributed by atoms with Gasteiger partial charge in [-0.3, -0.25) is 4.57 Å². The minimum Gasteiger partial charge on any atom is -0.479 e. The molecule has 9 heteroatoms. The highest BCUT2D eigenvalue weighted by molar-refractivity contribution is 7.10. The zero-order valence-corrected chi connectivity index (χ0v) is 11.9. The number of aliphatic carboxylic acids is 1. The summed E-state index contributed by atoms with van der Waals surface area (Å²) in [6.45, 7) is 0.408. The van der Waals surface area contributed by atoms with Crippen LogP contribution in [-0.4, -0.2) is 32.1 Å². The van der Waals surface area contributed by atoms with Crippen LogP contribution in [0.3, 0.4) is 0 Å². The first-order valence-electron chi connectivity index (χ1n) is 6.22. The molecule has 0 spiro atoms. The van der Waals surface area contributed by atoms with Gasteiger partial charge in [0.25, 0.3) is 0 Å². The highest BCUT2D eigenvalue weighted by atomic mass is 32.1. The predicted octanol–water partition coefficient (Wildman–Crippen LogP) is 1.58. The van der Waals surface area contributed by atoms with Crippen LogP contribution in [0.2, 0.25) is 0 Å².